The van der Waals surface area contributed by atoms with Crippen molar-refractivity contribution in [1.29, 1.82) is 0 Å². The van der Waals surface area contributed by atoms with Gasteiger partial charge in [-0.05, 0) is 38.1 Å². The predicted molar refractivity (Wildman–Crippen MR) is 111 cm³/mol. The topological polar surface area (TPSA) is 79.5 Å². The summed E-state index contributed by atoms with van der Waals surface area (Å²) in [7, 11) is 0. The van der Waals surface area contributed by atoms with Gasteiger partial charge in [0.25, 0.3) is 0 Å². The van der Waals surface area contributed by atoms with E-state index in [1.54, 1.807) is 12.1 Å². The number of imidazole rings is 1. The molecule has 0 saturated carbocycles. The number of hydrogen-bond donors (Lipinski definition) is 1. The van der Waals surface area contributed by atoms with Crippen LogP contribution in [0.2, 0.25) is 0 Å². The van der Waals surface area contributed by atoms with Crippen LogP contribution in [-0.2, 0) is 11.3 Å². The molecule has 2 fully saturated rings. The molecular weight excluding hydrogens is 368 g/mol. The number of morpholine rings is 1. The number of nitrogens with zero attached hydrogens (tertiary/aromatic N) is 6. The van der Waals surface area contributed by atoms with E-state index < -0.39 is 0 Å². The number of rotatable bonds is 5. The molecule has 152 valence electrons. The first-order valence-corrected chi connectivity index (χ1v) is 10.4. The molecule has 2 aromatic heterocycles. The molecule has 29 heavy (non-hydrogen) atoms. The molecular formula is C21H26N6O2. The Hall–Kier alpha value is -2.71. The number of phenols is 1. The van der Waals surface area contributed by atoms with E-state index in [1.807, 2.05) is 18.3 Å². The number of anilines is 1. The number of aromatic hydroxyl groups is 1. The summed E-state index contributed by atoms with van der Waals surface area (Å²) in [6, 6.07) is 7.25. The third kappa shape index (κ3) is 3.77. The highest BCUT2D eigenvalue weighted by Gasteiger charge is 2.20. The average molecular weight is 394 g/mol. The number of benzene rings is 1. The van der Waals surface area contributed by atoms with Crippen molar-refractivity contribution < 1.29 is 9.84 Å². The zero-order chi connectivity index (χ0) is 19.6. The van der Waals surface area contributed by atoms with E-state index in [2.05, 4.69) is 19.4 Å². The Balaban J connectivity index is 1.55. The molecule has 0 spiro atoms. The maximum Gasteiger partial charge on any atom is 0.227 e. The summed E-state index contributed by atoms with van der Waals surface area (Å²) in [6.07, 6.45) is 4.35. The summed E-state index contributed by atoms with van der Waals surface area (Å²) in [5.74, 6) is 1.79. The molecule has 0 aliphatic carbocycles. The quantitative estimate of drug-likeness (QED) is 0.710. The van der Waals surface area contributed by atoms with Crippen LogP contribution >= 0.6 is 0 Å². The summed E-state index contributed by atoms with van der Waals surface area (Å²) >= 11 is 0. The zero-order valence-corrected chi connectivity index (χ0v) is 16.5. The van der Waals surface area contributed by atoms with Crippen molar-refractivity contribution in [3.05, 3.63) is 30.5 Å². The van der Waals surface area contributed by atoms with Gasteiger partial charge in [-0.25, -0.2) is 9.97 Å². The Morgan fingerprint density at radius 3 is 2.62 bits per heavy atom. The zero-order valence-electron chi connectivity index (χ0n) is 16.5. The first kappa shape index (κ1) is 18.3. The fraction of sp³-hybridized carbons (Fsp3) is 0.476. The van der Waals surface area contributed by atoms with E-state index in [1.165, 1.54) is 12.8 Å². The van der Waals surface area contributed by atoms with Gasteiger partial charge in [0.1, 0.15) is 17.1 Å². The van der Waals surface area contributed by atoms with E-state index in [-0.39, 0.29) is 5.75 Å². The van der Waals surface area contributed by atoms with Crippen molar-refractivity contribution in [2.45, 2.75) is 19.4 Å². The lowest BCUT2D eigenvalue weighted by molar-refractivity contribution is 0.122. The average Bonchev–Trinajstić information content (AvgIpc) is 3.40. The minimum absolute atomic E-state index is 0.237. The molecule has 3 aromatic rings. The lowest BCUT2D eigenvalue weighted by Gasteiger charge is -2.26. The fourth-order valence-electron chi connectivity index (χ4n) is 4.15. The van der Waals surface area contributed by atoms with Gasteiger partial charge in [-0.3, -0.25) is 0 Å². The number of fused-ring (bicyclic) bond motifs is 1. The highest BCUT2D eigenvalue weighted by atomic mass is 16.5. The molecule has 0 amide bonds. The minimum atomic E-state index is 0.237. The third-order valence-electron chi connectivity index (χ3n) is 5.71. The minimum Gasteiger partial charge on any atom is -0.508 e. The van der Waals surface area contributed by atoms with Crippen LogP contribution in [0.3, 0.4) is 0 Å². The molecule has 1 aromatic carbocycles. The largest absolute Gasteiger partial charge is 0.508 e. The molecule has 4 heterocycles. The Kier molecular flexibility index (Phi) is 5.03. The second kappa shape index (κ2) is 7.96. The standard InChI is InChI=1S/C21H26N6O2/c28-17-5-3-4-16(14-17)19-23-18-15-22-21(26-10-12-29-13-11-26)24-20(18)27(19)9-8-25-6-1-2-7-25/h3-5,14-15,28H,1-2,6-13H2. The number of aromatic nitrogens is 4. The Bertz CT molecular complexity index is 992. The maximum absolute atomic E-state index is 9.97. The van der Waals surface area contributed by atoms with Crippen LogP contribution in [0.25, 0.3) is 22.6 Å². The van der Waals surface area contributed by atoms with Crippen molar-refractivity contribution in [3.63, 3.8) is 0 Å². The van der Waals surface area contributed by atoms with Gasteiger partial charge in [0.05, 0.1) is 19.4 Å². The molecule has 2 aliphatic rings. The lowest BCUT2D eigenvalue weighted by atomic mass is 10.2. The lowest BCUT2D eigenvalue weighted by Crippen LogP contribution is -2.37. The molecule has 8 nitrogen and oxygen atoms in total. The van der Waals surface area contributed by atoms with Gasteiger partial charge in [0.2, 0.25) is 5.95 Å². The SMILES string of the molecule is Oc1cccc(-c2nc3cnc(N4CCOCC4)nc3n2CCN2CCCC2)c1. The van der Waals surface area contributed by atoms with Crippen LogP contribution in [0.5, 0.6) is 5.75 Å². The second-order valence-electron chi connectivity index (χ2n) is 7.66. The number of hydrogen-bond acceptors (Lipinski definition) is 7. The van der Waals surface area contributed by atoms with Crippen molar-refractivity contribution in [3.8, 4) is 17.1 Å². The van der Waals surface area contributed by atoms with E-state index in [9.17, 15) is 5.11 Å². The highest BCUT2D eigenvalue weighted by Crippen LogP contribution is 2.27. The predicted octanol–water partition coefficient (Wildman–Crippen LogP) is 2.13. The van der Waals surface area contributed by atoms with E-state index >= 15 is 0 Å². The highest BCUT2D eigenvalue weighted by molar-refractivity contribution is 5.77. The molecule has 1 N–H and O–H groups in total. The van der Waals surface area contributed by atoms with Gasteiger partial charge >= 0.3 is 0 Å². The number of ether oxygens (including phenoxy) is 1. The fourth-order valence-corrected chi connectivity index (χ4v) is 4.15. The van der Waals surface area contributed by atoms with E-state index in [0.717, 1.165) is 67.8 Å². The molecule has 8 heteroatoms. The van der Waals surface area contributed by atoms with Gasteiger partial charge in [-0.15, -0.1) is 0 Å². The van der Waals surface area contributed by atoms with Crippen LogP contribution in [0, 0.1) is 0 Å². The van der Waals surface area contributed by atoms with Crippen molar-refractivity contribution >= 4 is 17.1 Å². The second-order valence-corrected chi connectivity index (χ2v) is 7.66. The summed E-state index contributed by atoms with van der Waals surface area (Å²) in [5, 5.41) is 9.97. The Morgan fingerprint density at radius 2 is 1.83 bits per heavy atom. The third-order valence-corrected chi connectivity index (χ3v) is 5.71. The summed E-state index contributed by atoms with van der Waals surface area (Å²) in [5.41, 5.74) is 2.51. The van der Waals surface area contributed by atoms with Gasteiger partial charge in [0, 0.05) is 31.7 Å². The van der Waals surface area contributed by atoms with E-state index in [0.29, 0.717) is 13.2 Å². The van der Waals surface area contributed by atoms with Crippen LogP contribution in [0.1, 0.15) is 12.8 Å². The molecule has 5 rings (SSSR count). The molecule has 0 radical (unpaired) electrons. The first-order chi connectivity index (χ1) is 14.3. The smallest absolute Gasteiger partial charge is 0.227 e. The summed E-state index contributed by atoms with van der Waals surface area (Å²) < 4.78 is 7.63. The molecule has 2 saturated heterocycles. The first-order valence-electron chi connectivity index (χ1n) is 10.4. The van der Waals surface area contributed by atoms with Crippen LogP contribution < -0.4 is 4.90 Å². The molecule has 0 unspecified atom stereocenters. The van der Waals surface area contributed by atoms with Gasteiger partial charge in [-0.2, -0.15) is 4.98 Å². The molecule has 0 bridgehead atoms. The van der Waals surface area contributed by atoms with Gasteiger partial charge < -0.3 is 24.2 Å². The van der Waals surface area contributed by atoms with Crippen LogP contribution in [0.15, 0.2) is 30.5 Å². The molecule has 0 atom stereocenters. The summed E-state index contributed by atoms with van der Waals surface area (Å²) in [6.45, 7) is 7.08. The molecule has 2 aliphatic heterocycles. The maximum atomic E-state index is 9.97. The van der Waals surface area contributed by atoms with Crippen molar-refractivity contribution in [1.82, 2.24) is 24.4 Å². The van der Waals surface area contributed by atoms with E-state index in [4.69, 9.17) is 14.7 Å². The number of likely N-dealkylation sites (tertiary alicyclic amines) is 1. The van der Waals surface area contributed by atoms with Crippen molar-refractivity contribution in [2.24, 2.45) is 0 Å². The number of phenolic OH excluding ortho intramolecular Hbond substituents is 1. The van der Waals surface area contributed by atoms with Crippen LogP contribution in [0.4, 0.5) is 5.95 Å². The van der Waals surface area contributed by atoms with Gasteiger partial charge in [0.15, 0.2) is 5.65 Å². The van der Waals surface area contributed by atoms with Gasteiger partial charge in [-0.1, -0.05) is 12.1 Å². The monoisotopic (exact) mass is 394 g/mol. The Morgan fingerprint density at radius 1 is 1.00 bits per heavy atom. The van der Waals surface area contributed by atoms with Crippen molar-refractivity contribution in [2.75, 3.05) is 50.8 Å². The Labute approximate surface area is 169 Å². The summed E-state index contributed by atoms with van der Waals surface area (Å²) in [4.78, 5) is 18.9. The van der Waals surface area contributed by atoms with Crippen LogP contribution in [-0.4, -0.2) is 75.5 Å². The normalized spacial score (nSPS) is 18.0.